The Hall–Kier alpha value is -2.12. The summed E-state index contributed by atoms with van der Waals surface area (Å²) >= 11 is 0. The van der Waals surface area contributed by atoms with Crippen molar-refractivity contribution in [2.45, 2.75) is 76.4 Å². The molecule has 0 heterocycles. The van der Waals surface area contributed by atoms with E-state index in [0.29, 0.717) is 0 Å². The van der Waals surface area contributed by atoms with E-state index in [9.17, 15) is 9.59 Å². The van der Waals surface area contributed by atoms with Crippen molar-refractivity contribution in [3.63, 3.8) is 0 Å². The number of rotatable bonds is 6. The molecular formula is C22H32BO6. The molecule has 29 heavy (non-hydrogen) atoms. The predicted octanol–water partition coefficient (Wildman–Crippen LogP) is 2.00. The van der Waals surface area contributed by atoms with Crippen LogP contribution in [0.5, 0.6) is 0 Å². The largest absolute Gasteiger partial charge is 0.460 e. The average molecular weight is 403 g/mol. The van der Waals surface area contributed by atoms with Gasteiger partial charge >= 0.3 is 11.9 Å². The van der Waals surface area contributed by atoms with E-state index in [1.807, 2.05) is 30.3 Å². The number of carbonyl (C=O) groups is 2. The van der Waals surface area contributed by atoms with Gasteiger partial charge in [0.2, 0.25) is 7.28 Å². The summed E-state index contributed by atoms with van der Waals surface area (Å²) in [6, 6.07) is 9.51. The van der Waals surface area contributed by atoms with Crippen LogP contribution < -0.4 is 5.46 Å². The quantitative estimate of drug-likeness (QED) is 0.410. The van der Waals surface area contributed by atoms with Gasteiger partial charge in [0.05, 0.1) is 0 Å². The minimum Gasteiger partial charge on any atom is -0.460 e. The number of hydrogen-bond acceptors (Lipinski definition) is 4. The van der Waals surface area contributed by atoms with Crippen LogP contribution in [-0.2, 0) is 19.1 Å². The highest BCUT2D eigenvalue weighted by molar-refractivity contribution is 6.66. The molecule has 4 N–H and O–H groups in total. The summed E-state index contributed by atoms with van der Waals surface area (Å²) in [5, 5.41) is 0. The normalized spacial score (nSPS) is 18.0. The molecule has 2 saturated carbocycles. The first kappa shape index (κ1) is 24.9. The van der Waals surface area contributed by atoms with Gasteiger partial charge in [0, 0.05) is 11.5 Å². The van der Waals surface area contributed by atoms with E-state index >= 15 is 0 Å². The SMILES string of the molecule is O.O.O=C(/C=C(/[B]c1ccccc1)C(=O)OC1CCCCC1)OC1CCCCC1. The smallest absolute Gasteiger partial charge is 0.330 e. The lowest BCUT2D eigenvalue weighted by Gasteiger charge is -2.23. The molecule has 0 aliphatic heterocycles. The van der Waals surface area contributed by atoms with Crippen LogP contribution in [0.2, 0.25) is 0 Å². The highest BCUT2D eigenvalue weighted by Gasteiger charge is 2.23. The molecule has 1 aromatic rings. The maximum Gasteiger partial charge on any atom is 0.330 e. The third-order valence-electron chi connectivity index (χ3n) is 5.29. The van der Waals surface area contributed by atoms with Crippen LogP contribution in [0, 0.1) is 0 Å². The van der Waals surface area contributed by atoms with Gasteiger partial charge in [0.1, 0.15) is 12.2 Å². The molecule has 1 radical (unpaired) electrons. The first-order chi connectivity index (χ1) is 13.2. The molecule has 159 valence electrons. The van der Waals surface area contributed by atoms with Crippen LogP contribution >= 0.6 is 0 Å². The minimum absolute atomic E-state index is 0. The van der Waals surface area contributed by atoms with Crippen molar-refractivity contribution in [2.75, 3.05) is 0 Å². The summed E-state index contributed by atoms with van der Waals surface area (Å²) in [6.07, 6.45) is 11.6. The van der Waals surface area contributed by atoms with E-state index in [2.05, 4.69) is 0 Å². The van der Waals surface area contributed by atoms with Crippen LogP contribution in [0.4, 0.5) is 0 Å². The lowest BCUT2D eigenvalue weighted by molar-refractivity contribution is -0.147. The first-order valence-electron chi connectivity index (χ1n) is 10.2. The van der Waals surface area contributed by atoms with E-state index in [4.69, 9.17) is 9.47 Å². The van der Waals surface area contributed by atoms with Crippen LogP contribution in [0.1, 0.15) is 64.2 Å². The molecule has 6 nitrogen and oxygen atoms in total. The second-order valence-corrected chi connectivity index (χ2v) is 7.52. The Morgan fingerprint density at radius 1 is 0.793 bits per heavy atom. The van der Waals surface area contributed by atoms with Crippen molar-refractivity contribution in [1.82, 2.24) is 0 Å². The second-order valence-electron chi connectivity index (χ2n) is 7.52. The standard InChI is InChI=1S/C22H28BO4.2H2O/c24-21(26-18-12-6-2-7-13-18)16-20(23-17-10-4-1-5-11-17)22(25)27-19-14-8-3-9-15-19;;/h1,4-5,10-11,16,18-19H,2-3,6-9,12-15H2;2*1H2/b20-16+;;. The molecule has 0 saturated heterocycles. The van der Waals surface area contributed by atoms with Crippen molar-refractivity contribution < 1.29 is 30.0 Å². The molecule has 0 aromatic heterocycles. The highest BCUT2D eigenvalue weighted by atomic mass is 16.5. The van der Waals surface area contributed by atoms with Crippen molar-refractivity contribution in [2.24, 2.45) is 0 Å². The zero-order valence-corrected chi connectivity index (χ0v) is 16.9. The summed E-state index contributed by atoms with van der Waals surface area (Å²) in [5.74, 6) is -0.893. The zero-order chi connectivity index (χ0) is 18.9. The van der Waals surface area contributed by atoms with Gasteiger partial charge in [0.25, 0.3) is 0 Å². The van der Waals surface area contributed by atoms with Crippen molar-refractivity contribution in [3.05, 3.63) is 41.9 Å². The molecule has 1 aromatic carbocycles. The molecule has 0 amide bonds. The van der Waals surface area contributed by atoms with Crippen molar-refractivity contribution >= 4 is 24.7 Å². The molecule has 0 bridgehead atoms. The zero-order valence-electron chi connectivity index (χ0n) is 16.9. The molecule has 0 unspecified atom stereocenters. The molecule has 2 aliphatic carbocycles. The average Bonchev–Trinajstić information content (AvgIpc) is 2.70. The number of ether oxygens (including phenoxy) is 2. The number of benzene rings is 1. The molecule has 0 atom stereocenters. The van der Waals surface area contributed by atoms with Gasteiger partial charge in [0.15, 0.2) is 0 Å². The summed E-state index contributed by atoms with van der Waals surface area (Å²) in [4.78, 5) is 25.1. The van der Waals surface area contributed by atoms with E-state index in [-0.39, 0.29) is 28.6 Å². The van der Waals surface area contributed by atoms with E-state index in [1.165, 1.54) is 18.9 Å². The maximum atomic E-state index is 12.7. The molecule has 7 heteroatoms. The maximum absolute atomic E-state index is 12.7. The van der Waals surface area contributed by atoms with E-state index in [0.717, 1.165) is 56.8 Å². The topological polar surface area (TPSA) is 116 Å². The number of hydrogen-bond donors (Lipinski definition) is 0. The Labute approximate surface area is 173 Å². The van der Waals surface area contributed by atoms with Crippen LogP contribution in [0.25, 0.3) is 0 Å². The van der Waals surface area contributed by atoms with E-state index < -0.39 is 11.9 Å². The van der Waals surface area contributed by atoms with Crippen LogP contribution in [0.3, 0.4) is 0 Å². The Kier molecular flexibility index (Phi) is 11.3. The van der Waals surface area contributed by atoms with Crippen LogP contribution in [0.15, 0.2) is 41.9 Å². The predicted molar refractivity (Wildman–Crippen MR) is 113 cm³/mol. The lowest BCUT2D eigenvalue weighted by atomic mass is 9.63. The summed E-state index contributed by atoms with van der Waals surface area (Å²) < 4.78 is 11.2. The third-order valence-corrected chi connectivity index (χ3v) is 5.29. The fraction of sp³-hybridized carbons (Fsp3) is 0.545. The van der Waals surface area contributed by atoms with Crippen molar-refractivity contribution in [1.29, 1.82) is 0 Å². The summed E-state index contributed by atoms with van der Waals surface area (Å²) in [5.41, 5.74) is 1.11. The molecule has 3 rings (SSSR count). The van der Waals surface area contributed by atoms with Gasteiger partial charge in [-0.15, -0.1) is 0 Å². The monoisotopic (exact) mass is 403 g/mol. The van der Waals surface area contributed by atoms with Crippen LogP contribution in [-0.4, -0.2) is 42.4 Å². The summed E-state index contributed by atoms with van der Waals surface area (Å²) in [7, 11) is 1.70. The summed E-state index contributed by atoms with van der Waals surface area (Å²) in [6.45, 7) is 0. The van der Waals surface area contributed by atoms with Gasteiger partial charge < -0.3 is 20.4 Å². The van der Waals surface area contributed by atoms with Gasteiger partial charge in [-0.1, -0.05) is 48.6 Å². The van der Waals surface area contributed by atoms with E-state index in [1.54, 1.807) is 7.28 Å². The third kappa shape index (κ3) is 8.42. The highest BCUT2D eigenvalue weighted by Crippen LogP contribution is 2.22. The molecule has 2 aliphatic rings. The van der Waals surface area contributed by atoms with Gasteiger partial charge in [-0.05, 0) is 51.4 Å². The fourth-order valence-electron chi connectivity index (χ4n) is 3.80. The van der Waals surface area contributed by atoms with Gasteiger partial charge in [-0.3, -0.25) is 0 Å². The van der Waals surface area contributed by atoms with Gasteiger partial charge in [-0.25, -0.2) is 9.59 Å². The number of carbonyl (C=O) groups excluding carboxylic acids is 2. The van der Waals surface area contributed by atoms with Crippen molar-refractivity contribution in [3.8, 4) is 0 Å². The van der Waals surface area contributed by atoms with Gasteiger partial charge in [-0.2, -0.15) is 0 Å². The Morgan fingerprint density at radius 2 is 1.31 bits per heavy atom. The first-order valence-corrected chi connectivity index (χ1v) is 10.2. The minimum atomic E-state index is -0.454. The fourth-order valence-corrected chi connectivity index (χ4v) is 3.80. The molecule has 0 spiro atoms. The number of esters is 2. The Balaban J connectivity index is 0.00000210. The second kappa shape index (κ2) is 13.2. The lowest BCUT2D eigenvalue weighted by Crippen LogP contribution is -2.28. The molecule has 2 fully saturated rings. The Morgan fingerprint density at radius 3 is 1.86 bits per heavy atom. The molecular weight excluding hydrogens is 371 g/mol. The Bertz CT molecular complexity index is 649.